The summed E-state index contributed by atoms with van der Waals surface area (Å²) in [5.41, 5.74) is 0.956. The van der Waals surface area contributed by atoms with Gasteiger partial charge < -0.3 is 15.2 Å². The highest BCUT2D eigenvalue weighted by Crippen LogP contribution is 2.25. The largest absolute Gasteiger partial charge is 0.497 e. The molecule has 0 aromatic heterocycles. The van der Waals surface area contributed by atoms with Crippen molar-refractivity contribution in [3.05, 3.63) is 29.8 Å². The molecule has 1 aliphatic rings. The molecule has 0 saturated carbocycles. The Morgan fingerprint density at radius 3 is 2.59 bits per heavy atom. The third-order valence-electron chi connectivity index (χ3n) is 3.49. The van der Waals surface area contributed by atoms with Crippen molar-refractivity contribution in [3.63, 3.8) is 0 Å². The van der Waals surface area contributed by atoms with E-state index in [-0.39, 0.29) is 6.04 Å². The number of ether oxygens (including phenoxy) is 1. The zero-order chi connectivity index (χ0) is 12.3. The fourth-order valence-corrected chi connectivity index (χ4v) is 2.46. The van der Waals surface area contributed by atoms with E-state index in [0.29, 0.717) is 6.04 Å². The van der Waals surface area contributed by atoms with Crippen LogP contribution < -0.4 is 10.1 Å². The number of methoxy groups -OCH3 is 1. The third-order valence-corrected chi connectivity index (χ3v) is 3.49. The van der Waals surface area contributed by atoms with Gasteiger partial charge in [-0.1, -0.05) is 18.6 Å². The average Bonchev–Trinajstić information content (AvgIpc) is 2.38. The van der Waals surface area contributed by atoms with E-state index in [1.807, 2.05) is 24.3 Å². The fraction of sp³-hybridized carbons (Fsp3) is 0.571. The van der Waals surface area contributed by atoms with E-state index < -0.39 is 6.10 Å². The molecule has 1 aromatic carbocycles. The molecule has 17 heavy (non-hydrogen) atoms. The predicted octanol–water partition coefficient (Wildman–Crippen LogP) is 2.26. The molecule has 1 fully saturated rings. The Bertz CT molecular complexity index is 350. The van der Waals surface area contributed by atoms with Crippen molar-refractivity contribution in [3.8, 4) is 5.75 Å². The van der Waals surface area contributed by atoms with Crippen LogP contribution in [-0.4, -0.2) is 24.3 Å². The number of aliphatic hydroxyl groups is 1. The highest BCUT2D eigenvalue weighted by atomic mass is 16.5. The van der Waals surface area contributed by atoms with Gasteiger partial charge in [0.15, 0.2) is 0 Å². The number of hydrogen-bond acceptors (Lipinski definition) is 3. The van der Waals surface area contributed by atoms with Crippen molar-refractivity contribution in [1.82, 2.24) is 5.32 Å². The Hall–Kier alpha value is -1.06. The number of nitrogens with one attached hydrogen (secondary N) is 1. The SMILES string of the molecule is COc1ccc(C(O)[C@@H]2CCC[C@@H](C)N2)cc1. The molecule has 0 bridgehead atoms. The summed E-state index contributed by atoms with van der Waals surface area (Å²) in [4.78, 5) is 0. The van der Waals surface area contributed by atoms with E-state index in [9.17, 15) is 5.11 Å². The first-order valence-corrected chi connectivity index (χ1v) is 6.29. The first-order valence-electron chi connectivity index (χ1n) is 6.29. The van der Waals surface area contributed by atoms with Crippen molar-refractivity contribution in [1.29, 1.82) is 0 Å². The molecule has 1 aliphatic heterocycles. The molecule has 3 nitrogen and oxygen atoms in total. The maximum Gasteiger partial charge on any atom is 0.118 e. The van der Waals surface area contributed by atoms with Crippen LogP contribution in [0.5, 0.6) is 5.75 Å². The van der Waals surface area contributed by atoms with Crippen LogP contribution in [0.15, 0.2) is 24.3 Å². The van der Waals surface area contributed by atoms with Gasteiger partial charge in [-0.25, -0.2) is 0 Å². The van der Waals surface area contributed by atoms with Crippen molar-refractivity contribution >= 4 is 0 Å². The highest BCUT2D eigenvalue weighted by Gasteiger charge is 2.25. The van der Waals surface area contributed by atoms with Gasteiger partial charge in [-0.15, -0.1) is 0 Å². The van der Waals surface area contributed by atoms with Crippen molar-refractivity contribution < 1.29 is 9.84 Å². The topological polar surface area (TPSA) is 41.5 Å². The molecule has 3 atom stereocenters. The van der Waals surface area contributed by atoms with E-state index in [1.54, 1.807) is 7.11 Å². The highest BCUT2D eigenvalue weighted by molar-refractivity contribution is 5.29. The van der Waals surface area contributed by atoms with Gasteiger partial charge in [0.2, 0.25) is 0 Å². The summed E-state index contributed by atoms with van der Waals surface area (Å²) < 4.78 is 5.11. The smallest absolute Gasteiger partial charge is 0.118 e. The molecule has 94 valence electrons. The Morgan fingerprint density at radius 1 is 1.29 bits per heavy atom. The standard InChI is InChI=1S/C14H21NO2/c1-10-4-3-5-13(15-10)14(16)11-6-8-12(17-2)9-7-11/h6-10,13-16H,3-5H2,1-2H3/t10-,13+,14?/m1/s1. The Labute approximate surface area is 103 Å². The van der Waals surface area contributed by atoms with Gasteiger partial charge in [-0.2, -0.15) is 0 Å². The number of aliphatic hydroxyl groups excluding tert-OH is 1. The average molecular weight is 235 g/mol. The van der Waals surface area contributed by atoms with E-state index >= 15 is 0 Å². The van der Waals surface area contributed by atoms with Crippen LogP contribution in [-0.2, 0) is 0 Å². The minimum absolute atomic E-state index is 0.173. The third kappa shape index (κ3) is 2.99. The molecule has 3 heteroatoms. The van der Waals surface area contributed by atoms with E-state index in [2.05, 4.69) is 12.2 Å². The molecule has 0 aliphatic carbocycles. The maximum atomic E-state index is 10.3. The van der Waals surface area contributed by atoms with Crippen LogP contribution in [0.2, 0.25) is 0 Å². The lowest BCUT2D eigenvalue weighted by Gasteiger charge is -2.32. The van der Waals surface area contributed by atoms with Crippen LogP contribution in [0.1, 0.15) is 37.9 Å². The summed E-state index contributed by atoms with van der Waals surface area (Å²) in [6, 6.07) is 8.33. The van der Waals surface area contributed by atoms with Gasteiger partial charge >= 0.3 is 0 Å². The molecule has 2 N–H and O–H groups in total. The summed E-state index contributed by atoms with van der Waals surface area (Å²) in [7, 11) is 1.65. The lowest BCUT2D eigenvalue weighted by molar-refractivity contribution is 0.103. The predicted molar refractivity (Wildman–Crippen MR) is 68.2 cm³/mol. The molecule has 2 rings (SSSR count). The van der Waals surface area contributed by atoms with Crippen molar-refractivity contribution in [2.45, 2.75) is 44.4 Å². The zero-order valence-corrected chi connectivity index (χ0v) is 10.5. The summed E-state index contributed by atoms with van der Waals surface area (Å²) in [6.07, 6.45) is 3.00. The van der Waals surface area contributed by atoms with E-state index in [0.717, 1.165) is 17.7 Å². The quantitative estimate of drug-likeness (QED) is 0.844. The molecule has 1 saturated heterocycles. The zero-order valence-electron chi connectivity index (χ0n) is 10.5. The Morgan fingerprint density at radius 2 is 2.00 bits per heavy atom. The summed E-state index contributed by atoms with van der Waals surface area (Å²) >= 11 is 0. The molecule has 0 radical (unpaired) electrons. The van der Waals surface area contributed by atoms with Gasteiger partial charge in [0.1, 0.15) is 5.75 Å². The van der Waals surface area contributed by atoms with Crippen LogP contribution >= 0.6 is 0 Å². The summed E-state index contributed by atoms with van der Waals surface area (Å²) in [5.74, 6) is 0.825. The molecular weight excluding hydrogens is 214 g/mol. The molecule has 0 spiro atoms. The summed E-state index contributed by atoms with van der Waals surface area (Å²) in [5, 5.41) is 13.8. The Kier molecular flexibility index (Phi) is 4.02. The van der Waals surface area contributed by atoms with Crippen LogP contribution in [0.3, 0.4) is 0 Å². The second-order valence-electron chi connectivity index (χ2n) is 4.82. The van der Waals surface area contributed by atoms with Crippen molar-refractivity contribution in [2.75, 3.05) is 7.11 Å². The van der Waals surface area contributed by atoms with Crippen LogP contribution in [0.25, 0.3) is 0 Å². The molecular formula is C14H21NO2. The number of hydrogen-bond donors (Lipinski definition) is 2. The van der Waals surface area contributed by atoms with E-state index in [1.165, 1.54) is 12.8 Å². The fourth-order valence-electron chi connectivity index (χ4n) is 2.46. The second kappa shape index (κ2) is 5.52. The monoisotopic (exact) mass is 235 g/mol. The normalized spacial score (nSPS) is 26.5. The maximum absolute atomic E-state index is 10.3. The number of piperidine rings is 1. The molecule has 1 aromatic rings. The lowest BCUT2D eigenvalue weighted by atomic mass is 9.92. The van der Waals surface area contributed by atoms with Crippen molar-refractivity contribution in [2.24, 2.45) is 0 Å². The minimum Gasteiger partial charge on any atom is -0.497 e. The molecule has 1 unspecified atom stereocenters. The second-order valence-corrected chi connectivity index (χ2v) is 4.82. The van der Waals surface area contributed by atoms with Gasteiger partial charge in [0.25, 0.3) is 0 Å². The molecule has 0 amide bonds. The summed E-state index contributed by atoms with van der Waals surface area (Å²) in [6.45, 7) is 2.17. The number of rotatable bonds is 3. The first kappa shape index (κ1) is 12.4. The number of benzene rings is 1. The van der Waals surface area contributed by atoms with Gasteiger partial charge in [0, 0.05) is 12.1 Å². The minimum atomic E-state index is -0.427. The van der Waals surface area contributed by atoms with Gasteiger partial charge in [-0.3, -0.25) is 0 Å². The Balaban J connectivity index is 2.04. The lowest BCUT2D eigenvalue weighted by Crippen LogP contribution is -2.44. The first-order chi connectivity index (χ1) is 8.20. The van der Waals surface area contributed by atoms with Crippen LogP contribution in [0.4, 0.5) is 0 Å². The van der Waals surface area contributed by atoms with E-state index in [4.69, 9.17) is 4.74 Å². The molecule has 1 heterocycles. The van der Waals surface area contributed by atoms with Gasteiger partial charge in [-0.05, 0) is 37.5 Å². The van der Waals surface area contributed by atoms with Gasteiger partial charge in [0.05, 0.1) is 13.2 Å². The van der Waals surface area contributed by atoms with Crippen LogP contribution in [0, 0.1) is 0 Å².